The first-order valence-electron chi connectivity index (χ1n) is 6.88. The van der Waals surface area contributed by atoms with Crippen molar-refractivity contribution in [2.45, 2.75) is 26.6 Å². The van der Waals surface area contributed by atoms with Gasteiger partial charge in [-0.05, 0) is 31.5 Å². The molecule has 0 amide bonds. The van der Waals surface area contributed by atoms with Gasteiger partial charge in [0.05, 0.1) is 17.8 Å². The molecule has 2 aromatic heterocycles. The SMILES string of the molecule is Cc1nn(Cc2ccc(F)c(C(F)(F)F)c2)c(=O)c2c(C)noc12. The van der Waals surface area contributed by atoms with E-state index >= 15 is 0 Å². The Morgan fingerprint density at radius 2 is 1.92 bits per heavy atom. The molecule has 0 bridgehead atoms. The average molecular weight is 341 g/mol. The third-order valence-corrected chi connectivity index (χ3v) is 3.58. The number of nitrogens with zero attached hydrogens (tertiary/aromatic N) is 3. The van der Waals surface area contributed by atoms with Crippen LogP contribution >= 0.6 is 0 Å². The van der Waals surface area contributed by atoms with Crippen molar-refractivity contribution in [3.8, 4) is 0 Å². The number of aromatic nitrogens is 3. The zero-order valence-corrected chi connectivity index (χ0v) is 12.6. The van der Waals surface area contributed by atoms with Gasteiger partial charge in [0.1, 0.15) is 16.9 Å². The number of hydrogen-bond donors (Lipinski definition) is 0. The van der Waals surface area contributed by atoms with Crippen LogP contribution in [0.3, 0.4) is 0 Å². The predicted molar refractivity (Wildman–Crippen MR) is 76.0 cm³/mol. The minimum Gasteiger partial charge on any atom is -0.354 e. The molecule has 0 N–H and O–H groups in total. The summed E-state index contributed by atoms with van der Waals surface area (Å²) in [6.45, 7) is 2.94. The Morgan fingerprint density at radius 1 is 1.21 bits per heavy atom. The normalized spacial score (nSPS) is 12.1. The van der Waals surface area contributed by atoms with Gasteiger partial charge in [0, 0.05) is 0 Å². The van der Waals surface area contributed by atoms with E-state index in [1.165, 1.54) is 6.07 Å². The number of rotatable bonds is 2. The summed E-state index contributed by atoms with van der Waals surface area (Å²) < 4.78 is 57.7. The lowest BCUT2D eigenvalue weighted by Gasteiger charge is -2.11. The molecule has 3 aromatic rings. The van der Waals surface area contributed by atoms with E-state index in [9.17, 15) is 22.4 Å². The minimum atomic E-state index is -4.82. The van der Waals surface area contributed by atoms with Gasteiger partial charge >= 0.3 is 6.18 Å². The van der Waals surface area contributed by atoms with Crippen LogP contribution in [0.15, 0.2) is 27.5 Å². The molecule has 1 aromatic carbocycles. The Labute approximate surface area is 132 Å². The number of alkyl halides is 3. The third kappa shape index (κ3) is 2.66. The maximum Gasteiger partial charge on any atom is 0.419 e. The largest absolute Gasteiger partial charge is 0.419 e. The second-order valence-electron chi connectivity index (χ2n) is 5.33. The summed E-state index contributed by atoms with van der Waals surface area (Å²) in [5, 5.41) is 7.94. The summed E-state index contributed by atoms with van der Waals surface area (Å²) >= 11 is 0. The summed E-state index contributed by atoms with van der Waals surface area (Å²) in [4.78, 5) is 12.4. The highest BCUT2D eigenvalue weighted by atomic mass is 19.4. The molecule has 9 heteroatoms. The van der Waals surface area contributed by atoms with Crippen molar-refractivity contribution < 1.29 is 22.1 Å². The first kappa shape index (κ1) is 16.2. The van der Waals surface area contributed by atoms with Gasteiger partial charge in [-0.1, -0.05) is 11.2 Å². The third-order valence-electron chi connectivity index (χ3n) is 3.58. The van der Waals surface area contributed by atoms with E-state index in [2.05, 4.69) is 10.3 Å². The van der Waals surface area contributed by atoms with E-state index in [1.54, 1.807) is 13.8 Å². The maximum absolute atomic E-state index is 13.3. The molecule has 126 valence electrons. The van der Waals surface area contributed by atoms with Gasteiger partial charge in [-0.2, -0.15) is 18.3 Å². The number of hydrogen-bond acceptors (Lipinski definition) is 4. The van der Waals surface area contributed by atoms with Crippen LogP contribution in [0.2, 0.25) is 0 Å². The van der Waals surface area contributed by atoms with Crippen LogP contribution < -0.4 is 5.56 Å². The molecule has 0 unspecified atom stereocenters. The van der Waals surface area contributed by atoms with Crippen LogP contribution in [-0.4, -0.2) is 14.9 Å². The fraction of sp³-hybridized carbons (Fsp3) is 0.267. The van der Waals surface area contributed by atoms with Gasteiger partial charge in [-0.15, -0.1) is 0 Å². The molecule has 3 rings (SSSR count). The second kappa shape index (κ2) is 5.43. The van der Waals surface area contributed by atoms with Crippen molar-refractivity contribution in [1.82, 2.24) is 14.9 Å². The molecule has 0 aliphatic carbocycles. The van der Waals surface area contributed by atoms with E-state index in [0.717, 1.165) is 10.7 Å². The summed E-state index contributed by atoms with van der Waals surface area (Å²) in [5.41, 5.74) is -0.832. The highest BCUT2D eigenvalue weighted by Gasteiger charge is 2.34. The Hall–Kier alpha value is -2.71. The molecule has 0 saturated carbocycles. The molecule has 0 saturated heterocycles. The lowest BCUT2D eigenvalue weighted by Crippen LogP contribution is -2.25. The van der Waals surface area contributed by atoms with Gasteiger partial charge in [-0.25, -0.2) is 9.07 Å². The number of fused-ring (bicyclic) bond motifs is 1. The topological polar surface area (TPSA) is 60.9 Å². The molecule has 2 heterocycles. The van der Waals surface area contributed by atoms with Gasteiger partial charge in [0.15, 0.2) is 5.58 Å². The highest BCUT2D eigenvalue weighted by Crippen LogP contribution is 2.32. The van der Waals surface area contributed by atoms with Gasteiger partial charge < -0.3 is 4.52 Å². The molecular formula is C15H11F4N3O2. The predicted octanol–water partition coefficient (Wildman–Crippen LogP) is 3.21. The molecule has 24 heavy (non-hydrogen) atoms. The lowest BCUT2D eigenvalue weighted by molar-refractivity contribution is -0.140. The van der Waals surface area contributed by atoms with Crippen LogP contribution in [-0.2, 0) is 12.7 Å². The van der Waals surface area contributed by atoms with Crippen LogP contribution in [0.5, 0.6) is 0 Å². The lowest BCUT2D eigenvalue weighted by atomic mass is 10.1. The fourth-order valence-corrected chi connectivity index (χ4v) is 2.44. The van der Waals surface area contributed by atoms with Crippen molar-refractivity contribution in [3.05, 3.63) is 56.9 Å². The van der Waals surface area contributed by atoms with Crippen LogP contribution in [0.25, 0.3) is 11.0 Å². The first-order valence-corrected chi connectivity index (χ1v) is 6.88. The fourth-order valence-electron chi connectivity index (χ4n) is 2.44. The Balaban J connectivity index is 2.10. The highest BCUT2D eigenvalue weighted by molar-refractivity contribution is 5.79. The van der Waals surface area contributed by atoms with Crippen LogP contribution in [0.1, 0.15) is 22.5 Å². The summed E-state index contributed by atoms with van der Waals surface area (Å²) in [7, 11) is 0. The molecule has 0 aliphatic heterocycles. The molecule has 0 aliphatic rings. The van der Waals surface area contributed by atoms with Crippen LogP contribution in [0, 0.1) is 19.7 Å². The van der Waals surface area contributed by atoms with E-state index in [-0.39, 0.29) is 23.1 Å². The summed E-state index contributed by atoms with van der Waals surface area (Å²) in [6.07, 6.45) is -4.82. The van der Waals surface area contributed by atoms with Crippen molar-refractivity contribution in [1.29, 1.82) is 0 Å². The van der Waals surface area contributed by atoms with Crippen molar-refractivity contribution in [2.75, 3.05) is 0 Å². The maximum atomic E-state index is 13.3. The van der Waals surface area contributed by atoms with E-state index in [1.807, 2.05) is 0 Å². The Morgan fingerprint density at radius 3 is 2.58 bits per heavy atom. The van der Waals surface area contributed by atoms with E-state index < -0.39 is 23.1 Å². The summed E-state index contributed by atoms with van der Waals surface area (Å²) in [5.74, 6) is -1.37. The number of aryl methyl sites for hydroxylation is 2. The standard InChI is InChI=1S/C15H11F4N3O2/c1-7-12-13(24-21-7)8(2)20-22(14(12)23)6-9-3-4-11(16)10(5-9)15(17,18)19/h3-5H,6H2,1-2H3. The molecule has 0 radical (unpaired) electrons. The average Bonchev–Trinajstić information content (AvgIpc) is 2.88. The smallest absolute Gasteiger partial charge is 0.354 e. The minimum absolute atomic E-state index is 0.103. The molecule has 5 nitrogen and oxygen atoms in total. The number of benzene rings is 1. The van der Waals surface area contributed by atoms with Crippen molar-refractivity contribution >= 4 is 11.0 Å². The van der Waals surface area contributed by atoms with Crippen molar-refractivity contribution in [2.24, 2.45) is 0 Å². The zero-order valence-electron chi connectivity index (χ0n) is 12.6. The van der Waals surface area contributed by atoms with E-state index in [0.29, 0.717) is 17.5 Å². The van der Waals surface area contributed by atoms with Gasteiger partial charge in [0.25, 0.3) is 5.56 Å². The van der Waals surface area contributed by atoms with Gasteiger partial charge in [-0.3, -0.25) is 4.79 Å². The second-order valence-corrected chi connectivity index (χ2v) is 5.33. The quantitative estimate of drug-likeness (QED) is 0.672. The molecule has 0 fully saturated rings. The monoisotopic (exact) mass is 341 g/mol. The Bertz CT molecular complexity index is 989. The zero-order chi connectivity index (χ0) is 17.6. The van der Waals surface area contributed by atoms with E-state index in [4.69, 9.17) is 4.52 Å². The number of halogens is 4. The molecule has 0 atom stereocenters. The summed E-state index contributed by atoms with van der Waals surface area (Å²) in [6, 6.07) is 2.57. The van der Waals surface area contributed by atoms with Gasteiger partial charge in [0.2, 0.25) is 0 Å². The molecule has 0 spiro atoms. The Kier molecular flexibility index (Phi) is 3.66. The first-order chi connectivity index (χ1) is 11.2. The molecular weight excluding hydrogens is 330 g/mol. The van der Waals surface area contributed by atoms with Crippen molar-refractivity contribution in [3.63, 3.8) is 0 Å². The van der Waals surface area contributed by atoms with Crippen LogP contribution in [0.4, 0.5) is 17.6 Å².